The molecule has 0 aliphatic carbocycles. The van der Waals surface area contributed by atoms with Crippen molar-refractivity contribution >= 4 is 12.1 Å². The van der Waals surface area contributed by atoms with Crippen molar-refractivity contribution in [1.82, 2.24) is 4.90 Å². The van der Waals surface area contributed by atoms with Crippen LogP contribution in [-0.4, -0.2) is 36.2 Å². The second kappa shape index (κ2) is 7.06. The number of rotatable bonds is 4. The third-order valence-corrected chi connectivity index (χ3v) is 2.38. The van der Waals surface area contributed by atoms with Gasteiger partial charge in [0.2, 0.25) is 0 Å². The second-order valence-corrected chi connectivity index (χ2v) is 5.62. The van der Waals surface area contributed by atoms with E-state index in [0.29, 0.717) is 5.56 Å². The van der Waals surface area contributed by atoms with Gasteiger partial charge < -0.3 is 14.4 Å². The second-order valence-electron chi connectivity index (χ2n) is 5.62. The highest BCUT2D eigenvalue weighted by Gasteiger charge is 2.21. The van der Waals surface area contributed by atoms with Crippen LogP contribution in [0.5, 0.6) is 0 Å². The topological polar surface area (TPSA) is 55.8 Å². The number of esters is 1. The lowest BCUT2D eigenvalue weighted by Gasteiger charge is -2.24. The van der Waals surface area contributed by atoms with Gasteiger partial charge in [-0.15, -0.1) is 0 Å². The summed E-state index contributed by atoms with van der Waals surface area (Å²) in [5.41, 5.74) is 0.0493. The SMILES string of the molecule is CN(CC(=O)OCc1ccc(F)cc1)C(=O)OC(C)(C)C. The van der Waals surface area contributed by atoms with Crippen molar-refractivity contribution in [2.45, 2.75) is 33.0 Å². The van der Waals surface area contributed by atoms with Gasteiger partial charge in [-0.25, -0.2) is 9.18 Å². The molecule has 0 atom stereocenters. The summed E-state index contributed by atoms with van der Waals surface area (Å²) >= 11 is 0. The van der Waals surface area contributed by atoms with Gasteiger partial charge in [0.1, 0.15) is 24.6 Å². The van der Waals surface area contributed by atoms with Gasteiger partial charge in [0.25, 0.3) is 0 Å². The maximum atomic E-state index is 12.7. The highest BCUT2D eigenvalue weighted by atomic mass is 19.1. The Morgan fingerprint density at radius 2 is 1.76 bits per heavy atom. The Balaban J connectivity index is 2.39. The molecule has 0 aromatic heterocycles. The molecule has 0 radical (unpaired) electrons. The Kier molecular flexibility index (Phi) is 5.69. The van der Waals surface area contributed by atoms with Crippen LogP contribution in [0.4, 0.5) is 9.18 Å². The van der Waals surface area contributed by atoms with Gasteiger partial charge in [0.05, 0.1) is 0 Å². The van der Waals surface area contributed by atoms with Crippen molar-refractivity contribution in [3.8, 4) is 0 Å². The average molecular weight is 297 g/mol. The normalized spacial score (nSPS) is 10.9. The molecule has 0 aliphatic rings. The molecule has 0 fully saturated rings. The van der Waals surface area contributed by atoms with Gasteiger partial charge in [-0.2, -0.15) is 0 Å². The van der Waals surface area contributed by atoms with E-state index in [-0.39, 0.29) is 19.0 Å². The first-order chi connectivity index (χ1) is 9.67. The van der Waals surface area contributed by atoms with Crippen LogP contribution >= 0.6 is 0 Å². The van der Waals surface area contributed by atoms with Gasteiger partial charge in [-0.3, -0.25) is 4.79 Å². The molecule has 0 bridgehead atoms. The van der Waals surface area contributed by atoms with E-state index >= 15 is 0 Å². The van der Waals surface area contributed by atoms with E-state index in [2.05, 4.69) is 0 Å². The van der Waals surface area contributed by atoms with E-state index in [1.165, 1.54) is 31.3 Å². The first kappa shape index (κ1) is 16.9. The molecule has 0 unspecified atom stereocenters. The van der Waals surface area contributed by atoms with Gasteiger partial charge >= 0.3 is 12.1 Å². The number of hydrogen-bond donors (Lipinski definition) is 0. The fourth-order valence-electron chi connectivity index (χ4n) is 1.39. The van der Waals surface area contributed by atoms with Crippen molar-refractivity contribution in [3.63, 3.8) is 0 Å². The summed E-state index contributed by atoms with van der Waals surface area (Å²) in [5.74, 6) is -0.914. The lowest BCUT2D eigenvalue weighted by atomic mass is 10.2. The minimum absolute atomic E-state index is 0.0290. The molecule has 5 nitrogen and oxygen atoms in total. The third kappa shape index (κ3) is 6.74. The standard InChI is InChI=1S/C15H20FNO4/c1-15(2,3)21-14(19)17(4)9-13(18)20-10-11-5-7-12(16)8-6-11/h5-8H,9-10H2,1-4H3. The lowest BCUT2D eigenvalue weighted by molar-refractivity contribution is -0.145. The van der Waals surface area contributed by atoms with Gasteiger partial charge in [-0.05, 0) is 38.5 Å². The van der Waals surface area contributed by atoms with E-state index in [4.69, 9.17) is 9.47 Å². The van der Waals surface area contributed by atoms with Crippen LogP contribution in [0.1, 0.15) is 26.3 Å². The molecular weight excluding hydrogens is 277 g/mol. The minimum atomic E-state index is -0.622. The molecule has 1 rings (SSSR count). The predicted molar refractivity (Wildman–Crippen MR) is 75.1 cm³/mol. The van der Waals surface area contributed by atoms with Crippen LogP contribution in [0.2, 0.25) is 0 Å². The third-order valence-electron chi connectivity index (χ3n) is 2.38. The zero-order valence-electron chi connectivity index (χ0n) is 12.7. The zero-order valence-corrected chi connectivity index (χ0v) is 12.7. The number of ether oxygens (including phenoxy) is 2. The Morgan fingerprint density at radius 3 is 2.29 bits per heavy atom. The molecule has 0 saturated carbocycles. The first-order valence-corrected chi connectivity index (χ1v) is 6.51. The summed E-state index contributed by atoms with van der Waals surface area (Å²) in [6.07, 6.45) is -0.596. The molecule has 0 spiro atoms. The van der Waals surface area contributed by atoms with Gasteiger partial charge in [0, 0.05) is 7.05 Å². The lowest BCUT2D eigenvalue weighted by Crippen LogP contribution is -2.37. The van der Waals surface area contributed by atoms with Crippen molar-refractivity contribution in [2.75, 3.05) is 13.6 Å². The predicted octanol–water partition coefficient (Wildman–Crippen LogP) is 2.74. The Labute approximate surface area is 123 Å². The number of hydrogen-bond acceptors (Lipinski definition) is 4. The molecule has 1 amide bonds. The van der Waals surface area contributed by atoms with Gasteiger partial charge in [-0.1, -0.05) is 12.1 Å². The van der Waals surface area contributed by atoms with Crippen LogP contribution < -0.4 is 0 Å². The first-order valence-electron chi connectivity index (χ1n) is 6.51. The summed E-state index contributed by atoms with van der Waals surface area (Å²) in [6.45, 7) is 5.04. The van der Waals surface area contributed by atoms with E-state index in [1.54, 1.807) is 20.8 Å². The number of carbonyl (C=O) groups excluding carboxylic acids is 2. The maximum Gasteiger partial charge on any atom is 0.410 e. The molecule has 0 aliphatic heterocycles. The van der Waals surface area contributed by atoms with Crippen LogP contribution in [0.25, 0.3) is 0 Å². The number of benzene rings is 1. The van der Waals surface area contributed by atoms with E-state index in [9.17, 15) is 14.0 Å². The number of likely N-dealkylation sites (N-methyl/N-ethyl adjacent to an activating group) is 1. The summed E-state index contributed by atoms with van der Waals surface area (Å²) in [5, 5.41) is 0. The van der Waals surface area contributed by atoms with E-state index < -0.39 is 17.7 Å². The molecular formula is C15H20FNO4. The molecule has 116 valence electrons. The number of nitrogens with zero attached hydrogens (tertiary/aromatic N) is 1. The quantitative estimate of drug-likeness (QED) is 0.802. The van der Waals surface area contributed by atoms with Crippen LogP contribution in [0, 0.1) is 5.82 Å². The summed E-state index contributed by atoms with van der Waals surface area (Å²) in [4.78, 5) is 24.4. The molecule has 1 aromatic carbocycles. The molecule has 0 saturated heterocycles. The smallest absolute Gasteiger partial charge is 0.410 e. The van der Waals surface area contributed by atoms with Crippen LogP contribution in [0.3, 0.4) is 0 Å². The van der Waals surface area contributed by atoms with Crippen molar-refractivity contribution in [2.24, 2.45) is 0 Å². The Hall–Kier alpha value is -2.11. The molecule has 6 heteroatoms. The van der Waals surface area contributed by atoms with Crippen molar-refractivity contribution < 1.29 is 23.5 Å². The number of amides is 1. The molecule has 21 heavy (non-hydrogen) atoms. The summed E-state index contributed by atoms with van der Waals surface area (Å²) < 4.78 is 22.8. The minimum Gasteiger partial charge on any atom is -0.459 e. The van der Waals surface area contributed by atoms with Crippen molar-refractivity contribution in [1.29, 1.82) is 0 Å². The maximum absolute atomic E-state index is 12.7. The largest absolute Gasteiger partial charge is 0.459 e. The highest BCUT2D eigenvalue weighted by molar-refractivity contribution is 5.78. The molecule has 1 aromatic rings. The Bertz CT molecular complexity index is 493. The van der Waals surface area contributed by atoms with Crippen LogP contribution in [-0.2, 0) is 20.9 Å². The monoisotopic (exact) mass is 297 g/mol. The summed E-state index contributed by atoms with van der Waals surface area (Å²) in [7, 11) is 1.45. The Morgan fingerprint density at radius 1 is 1.19 bits per heavy atom. The fraction of sp³-hybridized carbons (Fsp3) is 0.467. The average Bonchev–Trinajstić information content (AvgIpc) is 2.36. The zero-order chi connectivity index (χ0) is 16.0. The van der Waals surface area contributed by atoms with Gasteiger partial charge in [0.15, 0.2) is 0 Å². The number of halogens is 1. The molecule has 0 N–H and O–H groups in total. The number of carbonyl (C=O) groups is 2. The molecule has 0 heterocycles. The summed E-state index contributed by atoms with van der Waals surface area (Å²) in [6, 6.07) is 5.63. The van der Waals surface area contributed by atoms with E-state index in [1.807, 2.05) is 0 Å². The fourth-order valence-corrected chi connectivity index (χ4v) is 1.39. The van der Waals surface area contributed by atoms with Crippen LogP contribution in [0.15, 0.2) is 24.3 Å². The van der Waals surface area contributed by atoms with Crippen molar-refractivity contribution in [3.05, 3.63) is 35.6 Å². The highest BCUT2D eigenvalue weighted by Crippen LogP contribution is 2.09. The van der Waals surface area contributed by atoms with E-state index in [0.717, 1.165) is 4.90 Å².